The summed E-state index contributed by atoms with van der Waals surface area (Å²) < 4.78 is 1.79. The van der Waals surface area contributed by atoms with Gasteiger partial charge in [-0.3, -0.25) is 4.79 Å². The molecule has 96 valence electrons. The van der Waals surface area contributed by atoms with Crippen LogP contribution in [0, 0.1) is 0 Å². The van der Waals surface area contributed by atoms with E-state index in [-0.39, 0.29) is 17.6 Å². The molecule has 0 aliphatic rings. The molecule has 0 saturated heterocycles. The highest BCUT2D eigenvalue weighted by Gasteiger charge is 2.17. The molecule has 0 aliphatic carbocycles. The Morgan fingerprint density at radius 2 is 2.44 bits per heavy atom. The van der Waals surface area contributed by atoms with Crippen molar-refractivity contribution in [3.05, 3.63) is 24.0 Å². The number of aryl methyl sites for hydroxylation is 1. The lowest BCUT2D eigenvalue weighted by Gasteiger charge is -2.13. The molecule has 2 rings (SSSR count). The van der Waals surface area contributed by atoms with Crippen molar-refractivity contribution in [2.45, 2.75) is 32.9 Å². The lowest BCUT2D eigenvalue weighted by molar-refractivity contribution is 0.0932. The Bertz CT molecular complexity index is 504. The van der Waals surface area contributed by atoms with Gasteiger partial charge in [0.2, 0.25) is 0 Å². The van der Waals surface area contributed by atoms with E-state index >= 15 is 0 Å². The van der Waals surface area contributed by atoms with Gasteiger partial charge in [-0.1, -0.05) is 6.92 Å². The lowest BCUT2D eigenvalue weighted by Crippen LogP contribution is -2.29. The third kappa shape index (κ3) is 2.53. The number of hydrogen-bond donors (Lipinski definition) is 2. The quantitative estimate of drug-likeness (QED) is 0.793. The number of aromatic amines is 1. The van der Waals surface area contributed by atoms with E-state index in [1.54, 1.807) is 4.68 Å². The van der Waals surface area contributed by atoms with Crippen LogP contribution in [0.1, 0.15) is 42.6 Å². The number of aromatic nitrogens is 6. The van der Waals surface area contributed by atoms with E-state index in [4.69, 9.17) is 0 Å². The van der Waals surface area contributed by atoms with Gasteiger partial charge in [0.15, 0.2) is 5.69 Å². The van der Waals surface area contributed by atoms with Gasteiger partial charge < -0.3 is 5.32 Å². The Kier molecular flexibility index (Phi) is 3.66. The van der Waals surface area contributed by atoms with Crippen LogP contribution in [0.15, 0.2) is 12.5 Å². The summed E-state index contributed by atoms with van der Waals surface area (Å²) in [4.78, 5) is 16.0. The molecule has 1 atom stereocenters. The van der Waals surface area contributed by atoms with Gasteiger partial charge in [0.25, 0.3) is 5.91 Å². The summed E-state index contributed by atoms with van der Waals surface area (Å²) >= 11 is 0. The minimum Gasteiger partial charge on any atom is -0.341 e. The fourth-order valence-corrected chi connectivity index (χ4v) is 1.64. The van der Waals surface area contributed by atoms with Gasteiger partial charge in [0, 0.05) is 6.54 Å². The first kappa shape index (κ1) is 12.2. The van der Waals surface area contributed by atoms with Crippen molar-refractivity contribution in [3.63, 3.8) is 0 Å². The second kappa shape index (κ2) is 5.39. The number of carbonyl (C=O) groups excluding carboxylic acids is 1. The third-order valence-corrected chi connectivity index (χ3v) is 2.46. The molecular weight excluding hydrogens is 234 g/mol. The highest BCUT2D eigenvalue weighted by Crippen LogP contribution is 2.09. The zero-order chi connectivity index (χ0) is 13.0. The third-order valence-electron chi connectivity index (χ3n) is 2.46. The first-order valence-corrected chi connectivity index (χ1v) is 5.76. The number of rotatable bonds is 5. The highest BCUT2D eigenvalue weighted by molar-refractivity contribution is 5.91. The summed E-state index contributed by atoms with van der Waals surface area (Å²) in [5.74, 6) is 0.441. The maximum absolute atomic E-state index is 11.8. The number of amides is 1. The molecule has 8 heteroatoms. The van der Waals surface area contributed by atoms with Gasteiger partial charge in [-0.15, -0.1) is 0 Å². The summed E-state index contributed by atoms with van der Waals surface area (Å²) in [6.07, 6.45) is 3.82. The van der Waals surface area contributed by atoms with Crippen molar-refractivity contribution in [1.29, 1.82) is 0 Å². The summed E-state index contributed by atoms with van der Waals surface area (Å²) in [5, 5.41) is 16.6. The van der Waals surface area contributed by atoms with E-state index in [1.165, 1.54) is 12.5 Å². The number of H-pyrrole nitrogens is 1. The second-order valence-corrected chi connectivity index (χ2v) is 3.89. The van der Waals surface area contributed by atoms with E-state index < -0.39 is 0 Å². The van der Waals surface area contributed by atoms with E-state index in [1.807, 2.05) is 6.92 Å². The van der Waals surface area contributed by atoms with Crippen LogP contribution < -0.4 is 5.32 Å². The van der Waals surface area contributed by atoms with Crippen LogP contribution in [0.25, 0.3) is 0 Å². The fourth-order valence-electron chi connectivity index (χ4n) is 1.64. The lowest BCUT2D eigenvalue weighted by atomic mass is 10.3. The number of carbonyl (C=O) groups is 1. The number of hydrogen-bond acceptors (Lipinski definition) is 5. The molecule has 0 aliphatic heterocycles. The van der Waals surface area contributed by atoms with Crippen LogP contribution in [0.3, 0.4) is 0 Å². The first-order chi connectivity index (χ1) is 8.72. The molecule has 2 aromatic heterocycles. The van der Waals surface area contributed by atoms with Crippen molar-refractivity contribution < 1.29 is 4.79 Å². The molecule has 1 unspecified atom stereocenters. The zero-order valence-electron chi connectivity index (χ0n) is 10.3. The van der Waals surface area contributed by atoms with E-state index in [2.05, 4.69) is 37.7 Å². The highest BCUT2D eigenvalue weighted by atomic mass is 16.2. The van der Waals surface area contributed by atoms with E-state index in [0.717, 1.165) is 18.8 Å². The Labute approximate surface area is 104 Å². The number of nitrogens with one attached hydrogen (secondary N) is 2. The monoisotopic (exact) mass is 249 g/mol. The number of nitrogens with zero attached hydrogens (tertiary/aromatic N) is 5. The molecule has 0 fully saturated rings. The van der Waals surface area contributed by atoms with Crippen molar-refractivity contribution in [3.8, 4) is 0 Å². The molecule has 2 N–H and O–H groups in total. The van der Waals surface area contributed by atoms with E-state index in [9.17, 15) is 4.79 Å². The van der Waals surface area contributed by atoms with Crippen molar-refractivity contribution in [1.82, 2.24) is 35.5 Å². The molecule has 1 amide bonds. The van der Waals surface area contributed by atoms with Crippen LogP contribution in [0.2, 0.25) is 0 Å². The van der Waals surface area contributed by atoms with Crippen LogP contribution in [-0.4, -0.2) is 36.1 Å². The summed E-state index contributed by atoms with van der Waals surface area (Å²) in [5.41, 5.74) is 0.253. The first-order valence-electron chi connectivity index (χ1n) is 5.76. The Hall–Kier alpha value is -2.25. The van der Waals surface area contributed by atoms with Gasteiger partial charge in [-0.2, -0.15) is 20.5 Å². The normalized spacial score (nSPS) is 12.3. The second-order valence-electron chi connectivity index (χ2n) is 3.89. The predicted octanol–water partition coefficient (Wildman–Crippen LogP) is 0.297. The predicted molar refractivity (Wildman–Crippen MR) is 62.6 cm³/mol. The Morgan fingerprint density at radius 3 is 3.11 bits per heavy atom. The molecule has 0 aromatic carbocycles. The Balaban J connectivity index is 2.05. The van der Waals surface area contributed by atoms with Crippen molar-refractivity contribution >= 4 is 5.91 Å². The molecule has 2 aromatic rings. The molecule has 18 heavy (non-hydrogen) atoms. The topological polar surface area (TPSA) is 101 Å². The van der Waals surface area contributed by atoms with Crippen LogP contribution in [0.5, 0.6) is 0 Å². The van der Waals surface area contributed by atoms with Gasteiger partial charge in [0.1, 0.15) is 12.2 Å². The standard InChI is InChI=1S/C10H15N7O/c1-3-4-17-9(11-6-13-17)7(2)14-10(18)8-5-12-16-15-8/h5-7H,3-4H2,1-2H3,(H,14,18)(H,12,15,16). The zero-order valence-corrected chi connectivity index (χ0v) is 10.3. The molecular formula is C10H15N7O. The van der Waals surface area contributed by atoms with Crippen LogP contribution in [0.4, 0.5) is 0 Å². The summed E-state index contributed by atoms with van der Waals surface area (Å²) in [6, 6.07) is -0.233. The molecule has 0 saturated carbocycles. The SMILES string of the molecule is CCCn1ncnc1C(C)NC(=O)c1cn[nH]n1. The van der Waals surface area contributed by atoms with Gasteiger partial charge >= 0.3 is 0 Å². The molecule has 8 nitrogen and oxygen atoms in total. The van der Waals surface area contributed by atoms with Crippen molar-refractivity contribution in [2.75, 3.05) is 0 Å². The summed E-state index contributed by atoms with van der Waals surface area (Å²) in [6.45, 7) is 4.69. The largest absolute Gasteiger partial charge is 0.341 e. The van der Waals surface area contributed by atoms with Gasteiger partial charge in [0.05, 0.1) is 12.2 Å². The fraction of sp³-hybridized carbons (Fsp3) is 0.500. The van der Waals surface area contributed by atoms with Crippen LogP contribution in [-0.2, 0) is 6.54 Å². The van der Waals surface area contributed by atoms with Crippen molar-refractivity contribution in [2.24, 2.45) is 0 Å². The minimum absolute atomic E-state index is 0.233. The molecule has 0 radical (unpaired) electrons. The van der Waals surface area contributed by atoms with E-state index in [0.29, 0.717) is 0 Å². The molecule has 0 bridgehead atoms. The smallest absolute Gasteiger partial charge is 0.274 e. The molecule has 2 heterocycles. The average molecular weight is 249 g/mol. The van der Waals surface area contributed by atoms with Gasteiger partial charge in [-0.05, 0) is 13.3 Å². The maximum Gasteiger partial charge on any atom is 0.274 e. The van der Waals surface area contributed by atoms with Crippen LogP contribution >= 0.6 is 0 Å². The minimum atomic E-state index is -0.290. The average Bonchev–Trinajstić information content (AvgIpc) is 3.00. The maximum atomic E-state index is 11.8. The van der Waals surface area contributed by atoms with Gasteiger partial charge in [-0.25, -0.2) is 9.67 Å². The Morgan fingerprint density at radius 1 is 1.61 bits per heavy atom. The summed E-state index contributed by atoms with van der Waals surface area (Å²) in [7, 11) is 0. The molecule has 0 spiro atoms.